The third kappa shape index (κ3) is 2.72. The van der Waals surface area contributed by atoms with Crippen LogP contribution in [0.4, 0.5) is 0 Å². The summed E-state index contributed by atoms with van der Waals surface area (Å²) in [5.74, 6) is 0.504. The number of furan rings is 1. The van der Waals surface area contributed by atoms with Gasteiger partial charge in [0.05, 0.1) is 10.9 Å². The number of aromatic nitrogens is 2. The molecule has 0 N–H and O–H groups in total. The smallest absolute Gasteiger partial charge is 0.227 e. The van der Waals surface area contributed by atoms with E-state index in [9.17, 15) is 0 Å². The highest BCUT2D eigenvalue weighted by atomic mass is 16.3. The molecule has 3 nitrogen and oxygen atoms in total. The summed E-state index contributed by atoms with van der Waals surface area (Å²) < 4.78 is 8.61. The second kappa shape index (κ2) is 6.66. The van der Waals surface area contributed by atoms with Crippen LogP contribution in [0, 0.1) is 20.8 Å². The summed E-state index contributed by atoms with van der Waals surface area (Å²) in [5, 5.41) is 4.70. The number of hydrogen-bond acceptors (Lipinski definition) is 2. The lowest BCUT2D eigenvalue weighted by Gasteiger charge is -2.12. The van der Waals surface area contributed by atoms with Gasteiger partial charge in [0.25, 0.3) is 0 Å². The Hall–Kier alpha value is -3.20. The number of aryl methyl sites for hydroxylation is 3. The molecular formula is C27H27N2O+. The summed E-state index contributed by atoms with van der Waals surface area (Å²) in [6, 6.07) is 15.4. The predicted octanol–water partition coefficient (Wildman–Crippen LogP) is 6.67. The topological polar surface area (TPSA) is 29.9 Å². The van der Waals surface area contributed by atoms with Gasteiger partial charge in [-0.3, -0.25) is 0 Å². The largest absolute Gasteiger partial charge is 0.437 e. The van der Waals surface area contributed by atoms with Crippen LogP contribution < -0.4 is 4.57 Å². The molecule has 3 heterocycles. The van der Waals surface area contributed by atoms with Crippen molar-refractivity contribution in [3.05, 3.63) is 71.0 Å². The molecule has 5 rings (SSSR count). The van der Waals surface area contributed by atoms with E-state index in [4.69, 9.17) is 4.42 Å². The molecule has 0 aliphatic rings. The van der Waals surface area contributed by atoms with Crippen molar-refractivity contribution in [3.63, 3.8) is 0 Å². The lowest BCUT2D eigenvalue weighted by atomic mass is 9.92. The molecule has 3 heteroatoms. The van der Waals surface area contributed by atoms with Crippen molar-refractivity contribution >= 4 is 32.8 Å². The van der Waals surface area contributed by atoms with Crippen LogP contribution >= 0.6 is 0 Å². The van der Waals surface area contributed by atoms with Crippen molar-refractivity contribution in [2.75, 3.05) is 0 Å². The second-order valence-electron chi connectivity index (χ2n) is 8.75. The van der Waals surface area contributed by atoms with E-state index < -0.39 is 0 Å². The Morgan fingerprint density at radius 3 is 2.43 bits per heavy atom. The third-order valence-electron chi connectivity index (χ3n) is 6.35. The number of pyridine rings is 2. The van der Waals surface area contributed by atoms with Crippen molar-refractivity contribution in [2.45, 2.75) is 40.5 Å². The van der Waals surface area contributed by atoms with E-state index in [2.05, 4.69) is 93.0 Å². The molecule has 0 fully saturated rings. The van der Waals surface area contributed by atoms with Gasteiger partial charge in [-0.25, -0.2) is 9.55 Å². The van der Waals surface area contributed by atoms with Crippen LogP contribution in [0.25, 0.3) is 44.1 Å². The van der Waals surface area contributed by atoms with Gasteiger partial charge < -0.3 is 4.42 Å². The first-order valence-electron chi connectivity index (χ1n) is 10.6. The molecule has 0 aliphatic heterocycles. The zero-order valence-corrected chi connectivity index (χ0v) is 18.5. The molecule has 0 atom stereocenters. The first kappa shape index (κ1) is 18.8. The standard InChI is InChI=1S/C27H27N2O/c1-15(2)19-8-10-21-20(14-19)11-12-29(6)25(21)24-18(5)16(3)13-23-22-9-7-17(4)28-27(22)30-26(23)24/h7-15H,1-6H3/q+1. The zero-order chi connectivity index (χ0) is 21.2. The molecule has 0 saturated carbocycles. The molecule has 0 aliphatic carbocycles. The maximum Gasteiger partial charge on any atom is 0.227 e. The van der Waals surface area contributed by atoms with E-state index in [1.54, 1.807) is 0 Å². The molecule has 0 amide bonds. The number of hydrogen-bond donors (Lipinski definition) is 0. The van der Waals surface area contributed by atoms with Crippen LogP contribution in [0.3, 0.4) is 0 Å². The van der Waals surface area contributed by atoms with Gasteiger partial charge in [0.1, 0.15) is 7.05 Å². The van der Waals surface area contributed by atoms with Crippen molar-refractivity contribution < 1.29 is 8.98 Å². The predicted molar refractivity (Wildman–Crippen MR) is 124 cm³/mol. The van der Waals surface area contributed by atoms with Gasteiger partial charge in [-0.1, -0.05) is 26.0 Å². The molecule has 2 aromatic carbocycles. The van der Waals surface area contributed by atoms with Gasteiger partial charge in [0.15, 0.2) is 11.8 Å². The Morgan fingerprint density at radius 1 is 0.900 bits per heavy atom. The molecule has 150 valence electrons. The van der Waals surface area contributed by atoms with Crippen LogP contribution in [-0.2, 0) is 7.05 Å². The summed E-state index contributed by atoms with van der Waals surface area (Å²) in [6.45, 7) is 10.9. The summed E-state index contributed by atoms with van der Waals surface area (Å²) in [5.41, 5.74) is 8.80. The van der Waals surface area contributed by atoms with Crippen molar-refractivity contribution in [2.24, 2.45) is 7.05 Å². The highest BCUT2D eigenvalue weighted by Crippen LogP contribution is 2.40. The minimum atomic E-state index is 0.504. The Labute approximate surface area is 177 Å². The molecule has 0 unspecified atom stereocenters. The quantitative estimate of drug-likeness (QED) is 0.312. The van der Waals surface area contributed by atoms with Crippen LogP contribution in [0.2, 0.25) is 0 Å². The number of rotatable bonds is 2. The number of fused-ring (bicyclic) bond motifs is 4. The maximum absolute atomic E-state index is 6.40. The highest BCUT2D eigenvalue weighted by molar-refractivity contribution is 6.11. The Morgan fingerprint density at radius 2 is 1.67 bits per heavy atom. The van der Waals surface area contributed by atoms with Crippen molar-refractivity contribution in [3.8, 4) is 11.3 Å². The van der Waals surface area contributed by atoms with E-state index in [0.29, 0.717) is 11.6 Å². The molecular weight excluding hydrogens is 368 g/mol. The minimum Gasteiger partial charge on any atom is -0.437 e. The van der Waals surface area contributed by atoms with E-state index in [-0.39, 0.29) is 0 Å². The molecule has 0 bridgehead atoms. The molecule has 5 aromatic rings. The Kier molecular flexibility index (Phi) is 4.18. The van der Waals surface area contributed by atoms with E-state index >= 15 is 0 Å². The molecule has 0 radical (unpaired) electrons. The minimum absolute atomic E-state index is 0.504. The van der Waals surface area contributed by atoms with Crippen LogP contribution in [-0.4, -0.2) is 4.98 Å². The van der Waals surface area contributed by atoms with Gasteiger partial charge in [-0.05, 0) is 73.0 Å². The molecule has 0 saturated heterocycles. The summed E-state index contributed by atoms with van der Waals surface area (Å²) in [7, 11) is 2.11. The van der Waals surface area contributed by atoms with Gasteiger partial charge >= 0.3 is 0 Å². The Balaban J connectivity index is 1.93. The first-order valence-corrected chi connectivity index (χ1v) is 10.6. The SMILES string of the molecule is Cc1ccc2c(n1)oc1c(-c3c4ccc(C(C)C)cc4cc[n+]3C)c(C)c(C)cc12. The summed E-state index contributed by atoms with van der Waals surface area (Å²) in [6.07, 6.45) is 2.15. The van der Waals surface area contributed by atoms with Gasteiger partial charge in [-0.15, -0.1) is 0 Å². The van der Waals surface area contributed by atoms with E-state index in [0.717, 1.165) is 27.6 Å². The van der Waals surface area contributed by atoms with Crippen molar-refractivity contribution in [1.82, 2.24) is 4.98 Å². The lowest BCUT2D eigenvalue weighted by Crippen LogP contribution is -2.31. The third-order valence-corrected chi connectivity index (χ3v) is 6.35. The normalized spacial score (nSPS) is 12.0. The summed E-state index contributed by atoms with van der Waals surface area (Å²) in [4.78, 5) is 4.65. The molecule has 0 spiro atoms. The Bertz CT molecular complexity index is 1460. The lowest BCUT2D eigenvalue weighted by molar-refractivity contribution is -0.659. The fraction of sp³-hybridized carbons (Fsp3) is 0.259. The monoisotopic (exact) mass is 395 g/mol. The summed E-state index contributed by atoms with van der Waals surface area (Å²) >= 11 is 0. The fourth-order valence-corrected chi connectivity index (χ4v) is 4.46. The zero-order valence-electron chi connectivity index (χ0n) is 18.5. The van der Waals surface area contributed by atoms with Crippen LogP contribution in [0.5, 0.6) is 0 Å². The molecule has 30 heavy (non-hydrogen) atoms. The first-order chi connectivity index (χ1) is 14.3. The second-order valence-corrected chi connectivity index (χ2v) is 8.75. The average molecular weight is 396 g/mol. The van der Waals surface area contributed by atoms with Gasteiger partial charge in [0.2, 0.25) is 11.4 Å². The fourth-order valence-electron chi connectivity index (χ4n) is 4.46. The highest BCUT2D eigenvalue weighted by Gasteiger charge is 2.25. The van der Waals surface area contributed by atoms with Crippen LogP contribution in [0.15, 0.2) is 53.1 Å². The average Bonchev–Trinajstić information content (AvgIpc) is 3.06. The van der Waals surface area contributed by atoms with E-state index in [1.807, 2.05) is 6.92 Å². The number of benzene rings is 2. The molecule has 3 aromatic heterocycles. The van der Waals surface area contributed by atoms with E-state index in [1.165, 1.54) is 33.2 Å². The van der Waals surface area contributed by atoms with Gasteiger partial charge in [0, 0.05) is 22.5 Å². The number of nitrogens with zero attached hydrogens (tertiary/aromatic N) is 2. The van der Waals surface area contributed by atoms with Crippen LogP contribution in [0.1, 0.15) is 42.1 Å². The van der Waals surface area contributed by atoms with Crippen molar-refractivity contribution in [1.29, 1.82) is 0 Å². The van der Waals surface area contributed by atoms with Gasteiger partial charge in [-0.2, -0.15) is 0 Å². The maximum atomic E-state index is 6.40.